The summed E-state index contributed by atoms with van der Waals surface area (Å²) < 4.78 is 16.7. The van der Waals surface area contributed by atoms with Crippen LogP contribution in [-0.2, 0) is 11.3 Å². The lowest BCUT2D eigenvalue weighted by molar-refractivity contribution is 0.102. The van der Waals surface area contributed by atoms with Gasteiger partial charge in [-0.3, -0.25) is 9.78 Å². The molecular weight excluding hydrogens is 380 g/mol. The van der Waals surface area contributed by atoms with Gasteiger partial charge in [0, 0.05) is 12.8 Å². The molecule has 3 rings (SSSR count). The van der Waals surface area contributed by atoms with Crippen molar-refractivity contribution in [3.05, 3.63) is 77.6 Å². The van der Waals surface area contributed by atoms with Gasteiger partial charge < -0.3 is 19.5 Å². The highest BCUT2D eigenvalue weighted by atomic mass is 16.5. The first kappa shape index (κ1) is 21.3. The molecule has 0 unspecified atom stereocenters. The Hall–Kier alpha value is -3.38. The SMILES string of the molecule is CCCOc1ccccc1Oc1ccc(NC(=O)c2ccc(COC)nc2C)cc1. The number of hydrogen-bond acceptors (Lipinski definition) is 5. The molecule has 30 heavy (non-hydrogen) atoms. The first-order valence-corrected chi connectivity index (χ1v) is 9.87. The number of nitrogens with zero attached hydrogens (tertiary/aromatic N) is 1. The van der Waals surface area contributed by atoms with Crippen molar-refractivity contribution in [2.75, 3.05) is 19.0 Å². The second-order valence-corrected chi connectivity index (χ2v) is 6.74. The Kier molecular flexibility index (Phi) is 7.40. The predicted octanol–water partition coefficient (Wildman–Crippen LogP) is 5.37. The molecule has 2 aromatic carbocycles. The average Bonchev–Trinajstić information content (AvgIpc) is 2.75. The summed E-state index contributed by atoms with van der Waals surface area (Å²) in [5.41, 5.74) is 2.64. The van der Waals surface area contributed by atoms with Gasteiger partial charge in [0.2, 0.25) is 0 Å². The fourth-order valence-electron chi connectivity index (χ4n) is 2.88. The molecular formula is C24H26N2O4. The van der Waals surface area contributed by atoms with E-state index in [9.17, 15) is 4.79 Å². The molecule has 6 heteroatoms. The van der Waals surface area contributed by atoms with Crippen molar-refractivity contribution < 1.29 is 19.0 Å². The van der Waals surface area contributed by atoms with Crippen LogP contribution < -0.4 is 14.8 Å². The summed E-state index contributed by atoms with van der Waals surface area (Å²) in [4.78, 5) is 17.0. The van der Waals surface area contributed by atoms with Gasteiger partial charge in [-0.2, -0.15) is 0 Å². The molecule has 0 aliphatic carbocycles. The molecule has 0 saturated carbocycles. The average molecular weight is 406 g/mol. The number of pyridine rings is 1. The number of nitrogens with one attached hydrogen (secondary N) is 1. The molecule has 0 radical (unpaired) electrons. The quantitative estimate of drug-likeness (QED) is 0.517. The number of methoxy groups -OCH3 is 1. The van der Waals surface area contributed by atoms with Crippen molar-refractivity contribution in [1.82, 2.24) is 4.98 Å². The minimum Gasteiger partial charge on any atom is -0.490 e. The third kappa shape index (κ3) is 5.58. The van der Waals surface area contributed by atoms with E-state index in [2.05, 4.69) is 17.2 Å². The smallest absolute Gasteiger partial charge is 0.257 e. The summed E-state index contributed by atoms with van der Waals surface area (Å²) in [6, 6.07) is 18.3. The third-order valence-corrected chi connectivity index (χ3v) is 4.33. The van der Waals surface area contributed by atoms with Crippen LogP contribution in [0.3, 0.4) is 0 Å². The topological polar surface area (TPSA) is 69.7 Å². The van der Waals surface area contributed by atoms with Crippen molar-refractivity contribution in [2.24, 2.45) is 0 Å². The van der Waals surface area contributed by atoms with Crippen LogP contribution in [0.1, 0.15) is 35.1 Å². The summed E-state index contributed by atoms with van der Waals surface area (Å²) in [6.45, 7) is 4.91. The fourth-order valence-corrected chi connectivity index (χ4v) is 2.88. The molecule has 0 aliphatic rings. The highest BCUT2D eigenvalue weighted by Crippen LogP contribution is 2.31. The van der Waals surface area contributed by atoms with E-state index in [0.29, 0.717) is 47.4 Å². The number of aromatic nitrogens is 1. The highest BCUT2D eigenvalue weighted by Gasteiger charge is 2.12. The second-order valence-electron chi connectivity index (χ2n) is 6.74. The van der Waals surface area contributed by atoms with Crippen molar-refractivity contribution in [1.29, 1.82) is 0 Å². The number of rotatable bonds is 9. The number of aryl methyl sites for hydroxylation is 1. The van der Waals surface area contributed by atoms with Crippen LogP contribution in [0.2, 0.25) is 0 Å². The number of hydrogen-bond donors (Lipinski definition) is 1. The zero-order valence-corrected chi connectivity index (χ0v) is 17.5. The Balaban J connectivity index is 1.66. The number of carbonyl (C=O) groups is 1. The summed E-state index contributed by atoms with van der Waals surface area (Å²) in [5, 5.41) is 2.89. The van der Waals surface area contributed by atoms with Crippen molar-refractivity contribution in [2.45, 2.75) is 26.9 Å². The van der Waals surface area contributed by atoms with Crippen LogP contribution >= 0.6 is 0 Å². The molecule has 0 aliphatic heterocycles. The molecule has 0 fully saturated rings. The van der Waals surface area contributed by atoms with Gasteiger partial charge in [0.15, 0.2) is 11.5 Å². The van der Waals surface area contributed by atoms with E-state index in [1.54, 1.807) is 43.5 Å². The summed E-state index contributed by atoms with van der Waals surface area (Å²) in [6.07, 6.45) is 0.923. The molecule has 3 aromatic rings. The molecule has 1 N–H and O–H groups in total. The minimum absolute atomic E-state index is 0.212. The molecule has 0 atom stereocenters. The number of carbonyl (C=O) groups excluding carboxylic acids is 1. The van der Waals surface area contributed by atoms with Gasteiger partial charge in [-0.05, 0) is 61.9 Å². The van der Waals surface area contributed by atoms with E-state index in [-0.39, 0.29) is 5.91 Å². The van der Waals surface area contributed by atoms with E-state index in [4.69, 9.17) is 14.2 Å². The molecule has 1 heterocycles. The second kappa shape index (κ2) is 10.4. The van der Waals surface area contributed by atoms with Crippen LogP contribution in [0.5, 0.6) is 17.2 Å². The maximum absolute atomic E-state index is 12.6. The normalized spacial score (nSPS) is 10.5. The van der Waals surface area contributed by atoms with E-state index >= 15 is 0 Å². The standard InChI is InChI=1S/C24H26N2O4/c1-4-15-29-22-7-5-6-8-23(22)30-20-12-9-18(10-13-20)26-24(27)21-14-11-19(16-28-3)25-17(21)2/h5-14H,4,15-16H2,1-3H3,(H,26,27). The molecule has 1 amide bonds. The zero-order valence-electron chi connectivity index (χ0n) is 17.5. The number of ether oxygens (including phenoxy) is 3. The first-order valence-electron chi connectivity index (χ1n) is 9.87. The lowest BCUT2D eigenvalue weighted by atomic mass is 10.1. The van der Waals surface area contributed by atoms with Gasteiger partial charge in [0.05, 0.1) is 30.2 Å². The lowest BCUT2D eigenvalue weighted by Crippen LogP contribution is -2.14. The molecule has 0 saturated heterocycles. The summed E-state index contributed by atoms with van der Waals surface area (Å²) in [7, 11) is 1.61. The van der Waals surface area contributed by atoms with Crippen molar-refractivity contribution >= 4 is 11.6 Å². The van der Waals surface area contributed by atoms with Gasteiger partial charge in [0.1, 0.15) is 5.75 Å². The number of anilines is 1. The molecule has 156 valence electrons. The largest absolute Gasteiger partial charge is 0.490 e. The summed E-state index contributed by atoms with van der Waals surface area (Å²) in [5.74, 6) is 1.80. The zero-order chi connectivity index (χ0) is 21.3. The van der Waals surface area contributed by atoms with Gasteiger partial charge in [-0.15, -0.1) is 0 Å². The Labute approximate surface area is 176 Å². The van der Waals surface area contributed by atoms with Gasteiger partial charge in [-0.25, -0.2) is 0 Å². The Morgan fingerprint density at radius 2 is 1.73 bits per heavy atom. The maximum atomic E-state index is 12.6. The lowest BCUT2D eigenvalue weighted by Gasteiger charge is -2.12. The monoisotopic (exact) mass is 406 g/mol. The Morgan fingerprint density at radius 1 is 1.00 bits per heavy atom. The first-order chi connectivity index (χ1) is 14.6. The van der Waals surface area contributed by atoms with Gasteiger partial charge >= 0.3 is 0 Å². The Bertz CT molecular complexity index is 987. The molecule has 1 aromatic heterocycles. The van der Waals surface area contributed by atoms with E-state index in [1.807, 2.05) is 31.2 Å². The van der Waals surface area contributed by atoms with Crippen LogP contribution in [0.4, 0.5) is 5.69 Å². The van der Waals surface area contributed by atoms with Crippen LogP contribution in [0.25, 0.3) is 0 Å². The highest BCUT2D eigenvalue weighted by molar-refractivity contribution is 6.05. The van der Waals surface area contributed by atoms with E-state index in [1.165, 1.54) is 0 Å². The van der Waals surface area contributed by atoms with E-state index < -0.39 is 0 Å². The number of benzene rings is 2. The van der Waals surface area contributed by atoms with Gasteiger partial charge in [0.25, 0.3) is 5.91 Å². The minimum atomic E-state index is -0.212. The van der Waals surface area contributed by atoms with Crippen molar-refractivity contribution in [3.8, 4) is 17.2 Å². The predicted molar refractivity (Wildman–Crippen MR) is 116 cm³/mol. The third-order valence-electron chi connectivity index (χ3n) is 4.33. The maximum Gasteiger partial charge on any atom is 0.257 e. The summed E-state index contributed by atoms with van der Waals surface area (Å²) >= 11 is 0. The number of amides is 1. The number of para-hydroxylation sites is 2. The Morgan fingerprint density at radius 3 is 2.40 bits per heavy atom. The van der Waals surface area contributed by atoms with Crippen LogP contribution in [-0.4, -0.2) is 24.6 Å². The molecule has 0 bridgehead atoms. The van der Waals surface area contributed by atoms with E-state index in [0.717, 1.165) is 12.1 Å². The van der Waals surface area contributed by atoms with Gasteiger partial charge in [-0.1, -0.05) is 19.1 Å². The fraction of sp³-hybridized carbons (Fsp3) is 0.250. The molecule has 0 spiro atoms. The van der Waals surface area contributed by atoms with Crippen molar-refractivity contribution in [3.63, 3.8) is 0 Å². The van der Waals surface area contributed by atoms with Crippen LogP contribution in [0, 0.1) is 6.92 Å². The molecule has 6 nitrogen and oxygen atoms in total. The van der Waals surface area contributed by atoms with Crippen LogP contribution in [0.15, 0.2) is 60.7 Å².